The van der Waals surface area contributed by atoms with Crippen LogP contribution in [0.1, 0.15) is 60.5 Å². The van der Waals surface area contributed by atoms with Gasteiger partial charge >= 0.3 is 12.0 Å². The van der Waals surface area contributed by atoms with E-state index in [2.05, 4.69) is 31.9 Å². The van der Waals surface area contributed by atoms with Gasteiger partial charge in [0, 0.05) is 10.2 Å². The average molecular weight is 534 g/mol. The van der Waals surface area contributed by atoms with Crippen LogP contribution in [0.15, 0.2) is 34.8 Å². The molecule has 4 N–H and O–H groups in total. The van der Waals surface area contributed by atoms with Crippen molar-refractivity contribution in [3.8, 4) is 0 Å². The van der Waals surface area contributed by atoms with Gasteiger partial charge in [0.2, 0.25) is 0 Å². The molecular formula is C25H29BrFN3O4. The van der Waals surface area contributed by atoms with Crippen LogP contribution in [0.2, 0.25) is 0 Å². The van der Waals surface area contributed by atoms with Gasteiger partial charge in [0.15, 0.2) is 0 Å². The van der Waals surface area contributed by atoms with Gasteiger partial charge in [-0.05, 0) is 81.0 Å². The summed E-state index contributed by atoms with van der Waals surface area (Å²) < 4.78 is 14.9. The molecule has 2 aromatic carbocycles. The minimum Gasteiger partial charge on any atom is -0.480 e. The molecule has 0 bridgehead atoms. The number of rotatable bonds is 6. The lowest BCUT2D eigenvalue weighted by Gasteiger charge is -2.37. The number of carbonyl (C=O) groups excluding carboxylic acids is 2. The lowest BCUT2D eigenvalue weighted by molar-refractivity contribution is -0.146. The highest BCUT2D eigenvalue weighted by Crippen LogP contribution is 2.33. The Morgan fingerprint density at radius 1 is 1.03 bits per heavy atom. The number of carboxylic acid groups (broad SMARTS) is 1. The summed E-state index contributed by atoms with van der Waals surface area (Å²) in [6, 6.07) is 6.42. The van der Waals surface area contributed by atoms with Gasteiger partial charge in [-0.15, -0.1) is 0 Å². The molecule has 0 radical (unpaired) electrons. The number of nitrogens with one attached hydrogen (secondary N) is 3. The maximum atomic E-state index is 14.0. The molecule has 0 saturated heterocycles. The van der Waals surface area contributed by atoms with Crippen molar-refractivity contribution in [1.82, 2.24) is 5.32 Å². The number of carbonyl (C=O) groups is 3. The molecular weight excluding hydrogens is 505 g/mol. The molecule has 0 heterocycles. The largest absolute Gasteiger partial charge is 0.480 e. The Balaban J connectivity index is 1.83. The molecule has 1 fully saturated rings. The van der Waals surface area contributed by atoms with Crippen molar-refractivity contribution in [2.45, 2.75) is 58.4 Å². The van der Waals surface area contributed by atoms with Crippen LogP contribution >= 0.6 is 15.9 Å². The number of carboxylic acids is 1. The van der Waals surface area contributed by atoms with Crippen LogP contribution in [0.3, 0.4) is 0 Å². The molecule has 3 amide bonds. The predicted molar refractivity (Wildman–Crippen MR) is 133 cm³/mol. The van der Waals surface area contributed by atoms with E-state index in [0.717, 1.165) is 47.0 Å². The summed E-state index contributed by atoms with van der Waals surface area (Å²) >= 11 is 3.41. The first-order valence-corrected chi connectivity index (χ1v) is 12.0. The van der Waals surface area contributed by atoms with E-state index in [9.17, 15) is 23.9 Å². The fourth-order valence-corrected chi connectivity index (χ4v) is 5.19. The fraction of sp³-hybridized carbons (Fsp3) is 0.400. The van der Waals surface area contributed by atoms with Crippen LogP contribution in [0.5, 0.6) is 0 Å². The molecule has 7 nitrogen and oxygen atoms in total. The Bertz CT molecular complexity index is 1090. The van der Waals surface area contributed by atoms with Crippen LogP contribution in [-0.2, 0) is 4.79 Å². The first-order valence-electron chi connectivity index (χ1n) is 11.2. The third-order valence-electron chi connectivity index (χ3n) is 6.45. The number of urea groups is 1. The zero-order valence-corrected chi connectivity index (χ0v) is 21.0. The number of aliphatic carboxylic acids is 1. The Morgan fingerprint density at radius 3 is 2.24 bits per heavy atom. The van der Waals surface area contributed by atoms with E-state index >= 15 is 0 Å². The summed E-state index contributed by atoms with van der Waals surface area (Å²) in [5.41, 5.74) is 0.687. The molecule has 182 valence electrons. The van der Waals surface area contributed by atoms with Crippen molar-refractivity contribution in [3.05, 3.63) is 57.3 Å². The quantitative estimate of drug-likeness (QED) is 0.365. The molecule has 9 heteroatoms. The van der Waals surface area contributed by atoms with Gasteiger partial charge in [-0.2, -0.15) is 0 Å². The van der Waals surface area contributed by atoms with Crippen LogP contribution in [0.25, 0.3) is 0 Å². The van der Waals surface area contributed by atoms with Gasteiger partial charge in [0.05, 0.1) is 11.3 Å². The highest BCUT2D eigenvalue weighted by molar-refractivity contribution is 9.10. The number of aryl methyl sites for hydroxylation is 2. The van der Waals surface area contributed by atoms with Gasteiger partial charge in [0.25, 0.3) is 5.91 Å². The fourth-order valence-electron chi connectivity index (χ4n) is 4.51. The Kier molecular flexibility index (Phi) is 7.97. The highest BCUT2D eigenvalue weighted by atomic mass is 79.9. The van der Waals surface area contributed by atoms with E-state index in [-0.39, 0.29) is 17.2 Å². The maximum absolute atomic E-state index is 14.0. The van der Waals surface area contributed by atoms with Crippen molar-refractivity contribution in [2.24, 2.45) is 5.92 Å². The Morgan fingerprint density at radius 2 is 1.65 bits per heavy atom. The van der Waals surface area contributed by atoms with Gasteiger partial charge in [-0.25, -0.2) is 14.0 Å². The second kappa shape index (κ2) is 10.5. The molecule has 0 aromatic heterocycles. The van der Waals surface area contributed by atoms with Crippen LogP contribution < -0.4 is 16.0 Å². The Hall–Kier alpha value is -2.94. The summed E-state index contributed by atoms with van der Waals surface area (Å²) in [7, 11) is 0. The highest BCUT2D eigenvalue weighted by Gasteiger charge is 2.43. The first kappa shape index (κ1) is 25.7. The van der Waals surface area contributed by atoms with Crippen molar-refractivity contribution in [2.75, 3.05) is 10.6 Å². The third kappa shape index (κ3) is 5.75. The number of anilines is 2. The minimum absolute atomic E-state index is 0.0240. The molecule has 0 unspecified atom stereocenters. The molecule has 1 aliphatic rings. The number of halogens is 2. The van der Waals surface area contributed by atoms with Gasteiger partial charge in [-0.1, -0.05) is 35.2 Å². The van der Waals surface area contributed by atoms with E-state index in [1.165, 1.54) is 13.0 Å². The van der Waals surface area contributed by atoms with Crippen LogP contribution in [0, 0.1) is 25.6 Å². The second-order valence-corrected chi connectivity index (χ2v) is 9.90. The lowest BCUT2D eigenvalue weighted by atomic mass is 9.75. The molecule has 34 heavy (non-hydrogen) atoms. The standard InChI is InChI=1S/C25H29BrFN3O4/c1-14-11-17(26)12-15(2)21(14)29-24(34)28-20-13-18(27)9-10-19(20)22(31)30-25(3,23(32)33)16-7-5-4-6-8-16/h9-13,16H,4-8H2,1-3H3,(H,30,31)(H,32,33)(H2,28,29,34)/t25-/m0/s1. The molecule has 1 atom stereocenters. The summed E-state index contributed by atoms with van der Waals surface area (Å²) in [5.74, 6) is -2.67. The van der Waals surface area contributed by atoms with Gasteiger partial charge < -0.3 is 21.1 Å². The maximum Gasteiger partial charge on any atom is 0.329 e. The smallest absolute Gasteiger partial charge is 0.329 e. The zero-order chi connectivity index (χ0) is 25.0. The second-order valence-electron chi connectivity index (χ2n) is 8.98. The van der Waals surface area contributed by atoms with E-state index in [0.29, 0.717) is 18.5 Å². The van der Waals surface area contributed by atoms with E-state index in [4.69, 9.17) is 0 Å². The summed E-state index contributed by atoms with van der Waals surface area (Å²) in [5, 5.41) is 17.8. The molecule has 0 aliphatic heterocycles. The van der Waals surface area contributed by atoms with Crippen molar-refractivity contribution >= 4 is 45.2 Å². The van der Waals surface area contributed by atoms with E-state index < -0.39 is 29.3 Å². The molecule has 1 saturated carbocycles. The van der Waals surface area contributed by atoms with Crippen LogP contribution in [-0.4, -0.2) is 28.6 Å². The number of benzene rings is 2. The van der Waals surface area contributed by atoms with Gasteiger partial charge in [-0.3, -0.25) is 4.79 Å². The molecule has 0 spiro atoms. The Labute approximate surface area is 206 Å². The minimum atomic E-state index is -1.48. The summed E-state index contributed by atoms with van der Waals surface area (Å²) in [6.45, 7) is 5.19. The molecule has 2 aromatic rings. The van der Waals surface area contributed by atoms with Crippen molar-refractivity contribution < 1.29 is 23.9 Å². The van der Waals surface area contributed by atoms with Gasteiger partial charge in [0.1, 0.15) is 11.4 Å². The number of hydrogen-bond donors (Lipinski definition) is 4. The van der Waals surface area contributed by atoms with Crippen LogP contribution in [0.4, 0.5) is 20.6 Å². The predicted octanol–water partition coefficient (Wildman–Crippen LogP) is 6.00. The normalized spacial score (nSPS) is 15.8. The average Bonchev–Trinajstić information content (AvgIpc) is 2.76. The molecule has 3 rings (SSSR count). The lowest BCUT2D eigenvalue weighted by Crippen LogP contribution is -2.57. The van der Waals surface area contributed by atoms with E-state index in [1.54, 1.807) is 0 Å². The van der Waals surface area contributed by atoms with Crippen molar-refractivity contribution in [1.29, 1.82) is 0 Å². The number of amides is 3. The summed E-state index contributed by atoms with van der Waals surface area (Å²) in [6.07, 6.45) is 4.25. The monoisotopic (exact) mass is 533 g/mol. The SMILES string of the molecule is Cc1cc(Br)cc(C)c1NC(=O)Nc1cc(F)ccc1C(=O)N[C@](C)(C(=O)O)C1CCCCC1. The third-order valence-corrected chi connectivity index (χ3v) is 6.91. The van der Waals surface area contributed by atoms with Crippen molar-refractivity contribution in [3.63, 3.8) is 0 Å². The van der Waals surface area contributed by atoms with E-state index in [1.807, 2.05) is 26.0 Å². The first-order chi connectivity index (χ1) is 16.0. The number of hydrogen-bond acceptors (Lipinski definition) is 3. The zero-order valence-electron chi connectivity index (χ0n) is 19.4. The summed E-state index contributed by atoms with van der Waals surface area (Å²) in [4.78, 5) is 38.0. The topological polar surface area (TPSA) is 108 Å². The molecule has 1 aliphatic carbocycles.